The number of alkyl halides is 3. The lowest BCUT2D eigenvalue weighted by Crippen LogP contribution is -2.09. The number of hydrogen-bond donors (Lipinski definition) is 0. The van der Waals surface area contributed by atoms with Gasteiger partial charge in [0.25, 0.3) is 0 Å². The highest BCUT2D eigenvalue weighted by molar-refractivity contribution is 7.91. The third-order valence-electron chi connectivity index (χ3n) is 4.77. The van der Waals surface area contributed by atoms with Crippen molar-refractivity contribution in [1.82, 2.24) is 24.5 Å². The number of aromatic nitrogens is 5. The lowest BCUT2D eigenvalue weighted by atomic mass is 10.1. The van der Waals surface area contributed by atoms with Gasteiger partial charge in [-0.2, -0.15) is 13.2 Å². The first-order chi connectivity index (χ1) is 14.6. The summed E-state index contributed by atoms with van der Waals surface area (Å²) in [5.74, 6) is 0.372. The van der Waals surface area contributed by atoms with E-state index in [9.17, 15) is 21.6 Å². The highest BCUT2D eigenvalue weighted by Crippen LogP contribution is 2.34. The van der Waals surface area contributed by atoms with Crippen LogP contribution in [0, 0.1) is 0 Å². The van der Waals surface area contributed by atoms with Crippen molar-refractivity contribution in [2.24, 2.45) is 7.05 Å². The molecule has 0 saturated heterocycles. The van der Waals surface area contributed by atoms with Gasteiger partial charge >= 0.3 is 6.18 Å². The minimum Gasteiger partial charge on any atom is -0.312 e. The molecule has 0 N–H and O–H groups in total. The van der Waals surface area contributed by atoms with Crippen LogP contribution in [0.3, 0.4) is 0 Å². The Morgan fingerprint density at radius 1 is 1.03 bits per heavy atom. The molecule has 0 amide bonds. The summed E-state index contributed by atoms with van der Waals surface area (Å²) in [6, 6.07) is 8.36. The van der Waals surface area contributed by atoms with E-state index in [0.717, 1.165) is 6.07 Å². The zero-order valence-electron chi connectivity index (χ0n) is 16.4. The molecular weight excluding hydrogens is 431 g/mol. The molecule has 4 aromatic rings. The summed E-state index contributed by atoms with van der Waals surface area (Å²) < 4.78 is 66.2. The van der Waals surface area contributed by atoms with E-state index >= 15 is 0 Å². The molecule has 0 unspecified atom stereocenters. The zero-order chi connectivity index (χ0) is 22.4. The molecule has 7 nitrogen and oxygen atoms in total. The number of sulfone groups is 1. The number of aryl methyl sites for hydroxylation is 1. The van der Waals surface area contributed by atoms with Crippen LogP contribution in [0.1, 0.15) is 12.6 Å². The van der Waals surface area contributed by atoms with Crippen molar-refractivity contribution in [2.75, 3.05) is 5.75 Å². The monoisotopic (exact) mass is 447 g/mol. The molecule has 0 bridgehead atoms. The normalized spacial score (nSPS) is 12.4. The SMILES string of the molecule is CCS(=O)(=O)c1cc(-c2ncccn2)ccc1-c1nc2ccc(C(F)(F)F)nc2n1C. The molecule has 0 radical (unpaired) electrons. The number of fused-ring (bicyclic) bond motifs is 1. The first-order valence-corrected chi connectivity index (χ1v) is 10.8. The molecule has 0 saturated carbocycles. The zero-order valence-corrected chi connectivity index (χ0v) is 17.2. The van der Waals surface area contributed by atoms with Gasteiger partial charge in [-0.3, -0.25) is 0 Å². The van der Waals surface area contributed by atoms with E-state index < -0.39 is 21.7 Å². The molecule has 3 heterocycles. The van der Waals surface area contributed by atoms with Crippen LogP contribution in [-0.4, -0.2) is 38.7 Å². The fourth-order valence-corrected chi connectivity index (χ4v) is 4.28. The van der Waals surface area contributed by atoms with E-state index in [-0.39, 0.29) is 33.2 Å². The van der Waals surface area contributed by atoms with Crippen molar-refractivity contribution in [3.63, 3.8) is 0 Å². The Morgan fingerprint density at radius 3 is 2.39 bits per heavy atom. The fraction of sp³-hybridized carbons (Fsp3) is 0.200. The number of benzene rings is 1. The topological polar surface area (TPSA) is 90.6 Å². The predicted octanol–water partition coefficient (Wildman–Crippen LogP) is 3.90. The van der Waals surface area contributed by atoms with E-state index in [1.165, 1.54) is 30.7 Å². The van der Waals surface area contributed by atoms with E-state index in [1.807, 2.05) is 0 Å². The fourth-order valence-electron chi connectivity index (χ4n) is 3.17. The first kappa shape index (κ1) is 20.9. The Morgan fingerprint density at radius 2 is 1.74 bits per heavy atom. The van der Waals surface area contributed by atoms with Crippen molar-refractivity contribution in [3.05, 3.63) is 54.5 Å². The molecule has 0 aliphatic rings. The highest BCUT2D eigenvalue weighted by Gasteiger charge is 2.33. The molecule has 31 heavy (non-hydrogen) atoms. The minimum absolute atomic E-state index is 0.000130. The minimum atomic E-state index is -4.60. The molecule has 0 spiro atoms. The Balaban J connectivity index is 1.95. The highest BCUT2D eigenvalue weighted by atomic mass is 32.2. The van der Waals surface area contributed by atoms with E-state index in [1.54, 1.807) is 30.6 Å². The van der Waals surface area contributed by atoms with E-state index in [4.69, 9.17) is 0 Å². The van der Waals surface area contributed by atoms with Gasteiger partial charge in [0.1, 0.15) is 17.0 Å². The van der Waals surface area contributed by atoms with Crippen LogP contribution in [0.5, 0.6) is 0 Å². The van der Waals surface area contributed by atoms with Gasteiger partial charge in [0.15, 0.2) is 21.3 Å². The van der Waals surface area contributed by atoms with Crippen LogP contribution < -0.4 is 0 Å². The second-order valence-corrected chi connectivity index (χ2v) is 8.96. The number of pyridine rings is 1. The summed E-state index contributed by atoms with van der Waals surface area (Å²) in [6.45, 7) is 1.51. The van der Waals surface area contributed by atoms with Crippen LogP contribution in [0.15, 0.2) is 53.7 Å². The van der Waals surface area contributed by atoms with Crippen LogP contribution in [0.2, 0.25) is 0 Å². The van der Waals surface area contributed by atoms with Gasteiger partial charge in [0, 0.05) is 30.6 Å². The van der Waals surface area contributed by atoms with Crippen LogP contribution in [0.4, 0.5) is 13.2 Å². The van der Waals surface area contributed by atoms with Crippen LogP contribution >= 0.6 is 0 Å². The van der Waals surface area contributed by atoms with Crippen molar-refractivity contribution in [2.45, 2.75) is 18.0 Å². The van der Waals surface area contributed by atoms with Crippen LogP contribution in [0.25, 0.3) is 33.9 Å². The molecule has 3 aromatic heterocycles. The maximum absolute atomic E-state index is 13.1. The van der Waals surface area contributed by atoms with Gasteiger partial charge in [0.05, 0.1) is 10.6 Å². The Kier molecular flexibility index (Phi) is 5.00. The second-order valence-electron chi connectivity index (χ2n) is 6.72. The van der Waals surface area contributed by atoms with E-state index in [2.05, 4.69) is 19.9 Å². The Bertz CT molecular complexity index is 1380. The third-order valence-corrected chi connectivity index (χ3v) is 6.54. The molecule has 1 aromatic carbocycles. The average molecular weight is 447 g/mol. The van der Waals surface area contributed by atoms with Gasteiger partial charge in [0.2, 0.25) is 0 Å². The second kappa shape index (κ2) is 7.41. The summed E-state index contributed by atoms with van der Waals surface area (Å²) in [4.78, 5) is 16.3. The van der Waals surface area contributed by atoms with Crippen molar-refractivity contribution in [1.29, 1.82) is 0 Å². The van der Waals surface area contributed by atoms with Gasteiger partial charge in [-0.15, -0.1) is 0 Å². The number of rotatable bonds is 4. The molecule has 0 aliphatic carbocycles. The number of halogens is 3. The van der Waals surface area contributed by atoms with Crippen molar-refractivity contribution >= 4 is 21.0 Å². The number of imidazole rings is 1. The molecule has 4 rings (SSSR count). The van der Waals surface area contributed by atoms with Crippen molar-refractivity contribution in [3.8, 4) is 22.8 Å². The summed E-state index contributed by atoms with van der Waals surface area (Å²) in [5.41, 5.74) is -0.0725. The molecule has 11 heteroatoms. The maximum Gasteiger partial charge on any atom is 0.433 e. The van der Waals surface area contributed by atoms with Crippen molar-refractivity contribution < 1.29 is 21.6 Å². The summed E-state index contributed by atoms with van der Waals surface area (Å²) in [7, 11) is -2.21. The van der Waals surface area contributed by atoms with Gasteiger partial charge in [-0.1, -0.05) is 13.0 Å². The van der Waals surface area contributed by atoms with Gasteiger partial charge in [-0.05, 0) is 30.3 Å². The third kappa shape index (κ3) is 3.76. The van der Waals surface area contributed by atoms with Gasteiger partial charge < -0.3 is 4.57 Å². The first-order valence-electron chi connectivity index (χ1n) is 9.17. The Hall–Kier alpha value is -3.34. The lowest BCUT2D eigenvalue weighted by Gasteiger charge is -2.11. The largest absolute Gasteiger partial charge is 0.433 e. The molecular formula is C20H16F3N5O2S. The number of hydrogen-bond acceptors (Lipinski definition) is 6. The quantitative estimate of drug-likeness (QED) is 0.471. The summed E-state index contributed by atoms with van der Waals surface area (Å²) in [6.07, 6.45) is -1.52. The van der Waals surface area contributed by atoms with Crippen LogP contribution in [-0.2, 0) is 23.1 Å². The molecule has 160 valence electrons. The lowest BCUT2D eigenvalue weighted by molar-refractivity contribution is -0.141. The molecule has 0 aliphatic heterocycles. The molecule has 0 atom stereocenters. The predicted molar refractivity (Wildman–Crippen MR) is 108 cm³/mol. The summed E-state index contributed by atoms with van der Waals surface area (Å²) >= 11 is 0. The smallest absolute Gasteiger partial charge is 0.312 e. The van der Waals surface area contributed by atoms with Gasteiger partial charge in [-0.25, -0.2) is 28.4 Å². The number of nitrogens with zero attached hydrogens (tertiary/aromatic N) is 5. The standard InChI is InChI=1S/C20H16F3N5O2S/c1-3-31(29,30)15-11-12(17-24-9-4-10-25-17)5-6-13(15)18-26-14-7-8-16(20(21,22)23)27-19(14)28(18)2/h4-11H,3H2,1-2H3. The summed E-state index contributed by atoms with van der Waals surface area (Å²) in [5, 5.41) is 0. The molecule has 0 fully saturated rings. The average Bonchev–Trinajstić information content (AvgIpc) is 3.09. The Labute approximate surface area is 175 Å². The van der Waals surface area contributed by atoms with E-state index in [0.29, 0.717) is 11.4 Å². The maximum atomic E-state index is 13.1.